The van der Waals surface area contributed by atoms with Crippen LogP contribution in [-0.4, -0.2) is 5.25 Å². The van der Waals surface area contributed by atoms with Crippen molar-refractivity contribution in [3.8, 4) is 0 Å². The standard InChI is InChI=1S/C4H10S.Au/c1-3-4(2)5;/h4-5H,3H2,1-2H3;/q;+1/p-1. The number of rotatable bonds is 1. The van der Waals surface area contributed by atoms with E-state index in [4.69, 9.17) is 12.6 Å². The van der Waals surface area contributed by atoms with Gasteiger partial charge in [-0.05, 0) is 0 Å². The fourth-order valence-corrected chi connectivity index (χ4v) is 0. The van der Waals surface area contributed by atoms with Crippen LogP contribution in [0.4, 0.5) is 0 Å². The van der Waals surface area contributed by atoms with Gasteiger partial charge in [-0.2, -0.15) is 5.25 Å². The maximum Gasteiger partial charge on any atom is 1.00 e. The Morgan fingerprint density at radius 3 is 1.83 bits per heavy atom. The fourth-order valence-electron chi connectivity index (χ4n) is 0. The topological polar surface area (TPSA) is 0 Å². The summed E-state index contributed by atoms with van der Waals surface area (Å²) in [6, 6.07) is 0. The molecule has 0 radical (unpaired) electrons. The Morgan fingerprint density at radius 2 is 1.83 bits per heavy atom. The average molecular weight is 286 g/mol. The maximum atomic E-state index is 4.78. The molecule has 0 heterocycles. The Kier molecular flexibility index (Phi) is 10.3. The molecule has 0 aromatic rings. The van der Waals surface area contributed by atoms with Crippen molar-refractivity contribution >= 4 is 12.6 Å². The molecule has 2 heteroatoms. The second-order valence-corrected chi connectivity index (χ2v) is 2.02. The normalized spacial score (nSPS) is 12.5. The van der Waals surface area contributed by atoms with E-state index in [-0.39, 0.29) is 22.4 Å². The van der Waals surface area contributed by atoms with E-state index in [0.717, 1.165) is 6.42 Å². The molecule has 0 N–H and O–H groups in total. The summed E-state index contributed by atoms with van der Waals surface area (Å²) < 4.78 is 0. The average Bonchev–Trinajstić information content (AvgIpc) is 1.38. The quantitative estimate of drug-likeness (QED) is 0.518. The Balaban J connectivity index is 0. The summed E-state index contributed by atoms with van der Waals surface area (Å²) in [6.07, 6.45) is 1.12. The van der Waals surface area contributed by atoms with Gasteiger partial charge in [0.25, 0.3) is 0 Å². The summed E-state index contributed by atoms with van der Waals surface area (Å²) in [5.74, 6) is 0. The van der Waals surface area contributed by atoms with Crippen LogP contribution in [0.3, 0.4) is 0 Å². The third kappa shape index (κ3) is 8.92. The molecule has 1 unspecified atom stereocenters. The molecule has 0 spiro atoms. The molecule has 0 aliphatic rings. The first-order valence-electron chi connectivity index (χ1n) is 1.93. The second-order valence-electron chi connectivity index (χ2n) is 1.22. The van der Waals surface area contributed by atoms with E-state index in [0.29, 0.717) is 5.25 Å². The molecule has 0 rings (SSSR count). The van der Waals surface area contributed by atoms with Gasteiger partial charge in [0.15, 0.2) is 0 Å². The van der Waals surface area contributed by atoms with E-state index < -0.39 is 0 Å². The van der Waals surface area contributed by atoms with E-state index in [1.165, 1.54) is 0 Å². The van der Waals surface area contributed by atoms with Crippen molar-refractivity contribution in [3.05, 3.63) is 0 Å². The predicted molar refractivity (Wildman–Crippen MR) is 27.1 cm³/mol. The van der Waals surface area contributed by atoms with Crippen molar-refractivity contribution in [2.75, 3.05) is 0 Å². The van der Waals surface area contributed by atoms with Crippen LogP contribution in [0.2, 0.25) is 0 Å². The summed E-state index contributed by atoms with van der Waals surface area (Å²) in [7, 11) is 0. The molecule has 6 heavy (non-hydrogen) atoms. The van der Waals surface area contributed by atoms with Crippen LogP contribution in [0, 0.1) is 0 Å². The molecule has 0 amide bonds. The maximum absolute atomic E-state index is 4.78. The van der Waals surface area contributed by atoms with Crippen LogP contribution in [-0.2, 0) is 35.0 Å². The van der Waals surface area contributed by atoms with E-state index in [1.807, 2.05) is 6.92 Å². The van der Waals surface area contributed by atoms with E-state index in [1.54, 1.807) is 0 Å². The van der Waals surface area contributed by atoms with Gasteiger partial charge < -0.3 is 12.6 Å². The summed E-state index contributed by atoms with van der Waals surface area (Å²) >= 11 is 4.78. The van der Waals surface area contributed by atoms with Gasteiger partial charge in [0.1, 0.15) is 0 Å². The van der Waals surface area contributed by atoms with Crippen molar-refractivity contribution in [2.24, 2.45) is 0 Å². The molecule has 0 saturated carbocycles. The molecule has 0 nitrogen and oxygen atoms in total. The summed E-state index contributed by atoms with van der Waals surface area (Å²) in [4.78, 5) is 0. The molecule has 0 aliphatic heterocycles. The van der Waals surface area contributed by atoms with Crippen LogP contribution < -0.4 is 0 Å². The first-order chi connectivity index (χ1) is 2.27. The summed E-state index contributed by atoms with van der Waals surface area (Å²) in [6.45, 7) is 4.13. The van der Waals surface area contributed by atoms with Crippen molar-refractivity contribution in [2.45, 2.75) is 25.5 Å². The molecule has 0 fully saturated rings. The predicted octanol–water partition coefficient (Wildman–Crippen LogP) is 1.33. The van der Waals surface area contributed by atoms with Gasteiger partial charge >= 0.3 is 22.4 Å². The number of hydrogen-bond acceptors (Lipinski definition) is 1. The van der Waals surface area contributed by atoms with Crippen molar-refractivity contribution in [3.63, 3.8) is 0 Å². The summed E-state index contributed by atoms with van der Waals surface area (Å²) in [5.41, 5.74) is 0. The van der Waals surface area contributed by atoms with Gasteiger partial charge in [-0.25, -0.2) is 0 Å². The van der Waals surface area contributed by atoms with Gasteiger partial charge in [-0.15, -0.1) is 0 Å². The minimum absolute atomic E-state index is 0. The molecule has 0 saturated heterocycles. The molecule has 0 aliphatic carbocycles. The smallest absolute Gasteiger partial charge is 0.789 e. The van der Waals surface area contributed by atoms with E-state index in [9.17, 15) is 0 Å². The minimum atomic E-state index is 0. The third-order valence-corrected chi connectivity index (χ3v) is 0.908. The van der Waals surface area contributed by atoms with E-state index in [2.05, 4.69) is 6.92 Å². The van der Waals surface area contributed by atoms with Gasteiger partial charge in [-0.1, -0.05) is 20.3 Å². The van der Waals surface area contributed by atoms with Gasteiger partial charge in [-0.3, -0.25) is 0 Å². The molecule has 0 bridgehead atoms. The van der Waals surface area contributed by atoms with Crippen LogP contribution in [0.5, 0.6) is 0 Å². The van der Waals surface area contributed by atoms with Crippen LogP contribution in [0.25, 0.3) is 0 Å². The molecule has 1 atom stereocenters. The summed E-state index contributed by atoms with van der Waals surface area (Å²) in [5, 5.41) is 0.468. The Labute approximate surface area is 60.6 Å². The van der Waals surface area contributed by atoms with Gasteiger partial charge in [0.2, 0.25) is 0 Å². The fraction of sp³-hybridized carbons (Fsp3) is 1.00. The number of hydrogen-bond donors (Lipinski definition) is 0. The molecular weight excluding hydrogens is 277 g/mol. The third-order valence-electron chi connectivity index (χ3n) is 0.575. The van der Waals surface area contributed by atoms with Gasteiger partial charge in [0, 0.05) is 0 Å². The largest absolute Gasteiger partial charge is 1.00 e. The first-order valence-corrected chi connectivity index (χ1v) is 2.40. The monoisotopic (exact) mass is 286 g/mol. The van der Waals surface area contributed by atoms with Gasteiger partial charge in [0.05, 0.1) is 0 Å². The molecule has 42 valence electrons. The van der Waals surface area contributed by atoms with Crippen LogP contribution in [0.1, 0.15) is 20.3 Å². The SMILES string of the molecule is CCC(C)[S-].[Au+]. The van der Waals surface area contributed by atoms with Crippen molar-refractivity contribution < 1.29 is 22.4 Å². The zero-order valence-electron chi connectivity index (χ0n) is 3.99. The van der Waals surface area contributed by atoms with Crippen LogP contribution >= 0.6 is 0 Å². The van der Waals surface area contributed by atoms with Crippen LogP contribution in [0.15, 0.2) is 0 Å². The Bertz CT molecular complexity index is 21.5. The Morgan fingerprint density at radius 1 is 1.67 bits per heavy atom. The first kappa shape index (κ1) is 10.1. The van der Waals surface area contributed by atoms with E-state index >= 15 is 0 Å². The second kappa shape index (κ2) is 6.09. The zero-order valence-corrected chi connectivity index (χ0v) is 6.98. The zero-order chi connectivity index (χ0) is 4.28. The van der Waals surface area contributed by atoms with Crippen molar-refractivity contribution in [1.82, 2.24) is 0 Å². The molecule has 0 aromatic heterocycles. The molecular formula is C4H9AuS. The Hall–Kier alpha value is 1.09. The van der Waals surface area contributed by atoms with Crippen molar-refractivity contribution in [1.29, 1.82) is 0 Å². The minimum Gasteiger partial charge on any atom is -0.789 e. The molecule has 0 aromatic carbocycles.